The van der Waals surface area contributed by atoms with Crippen molar-refractivity contribution in [2.24, 2.45) is 17.8 Å². The maximum absolute atomic E-state index is 13.8. The number of hydrogen-bond donors (Lipinski definition) is 2. The summed E-state index contributed by atoms with van der Waals surface area (Å²) in [5.74, 6) is -4.42. The second-order valence-electron chi connectivity index (χ2n) is 17.2. The number of nitrogens with zero attached hydrogens (tertiary/aromatic N) is 4. The number of carbonyl (C=O) groups excluding carboxylic acids is 4. The molecule has 73 heavy (non-hydrogen) atoms. The van der Waals surface area contributed by atoms with E-state index < -0.39 is 56.4 Å². The molecular weight excluding hydrogens is 1140 g/mol. The molecule has 12 rings (SSSR count). The summed E-state index contributed by atoms with van der Waals surface area (Å²) in [7, 11) is 0. The first-order valence-corrected chi connectivity index (χ1v) is 21.6. The zero-order valence-corrected chi connectivity index (χ0v) is 47.7. The monoisotopic (exact) mass is 1190 g/mol. The van der Waals surface area contributed by atoms with Gasteiger partial charge in [-0.2, -0.15) is 26.3 Å². The van der Waals surface area contributed by atoms with Crippen LogP contribution in [0, 0.1) is 51.2 Å². The molecule has 3 saturated carbocycles. The fourth-order valence-electron chi connectivity index (χ4n) is 9.40. The van der Waals surface area contributed by atoms with E-state index in [1.807, 2.05) is 0 Å². The van der Waals surface area contributed by atoms with Crippen molar-refractivity contribution in [3.8, 4) is 0 Å². The second kappa shape index (κ2) is 29.2. The Hall–Kier alpha value is -2.59. The first-order chi connectivity index (χ1) is 32.3. The average Bonchev–Trinajstić information content (AvgIpc) is 3.30. The Kier molecular flexibility index (Phi) is 27.4. The van der Waals surface area contributed by atoms with Crippen molar-refractivity contribution in [3.05, 3.63) is 105 Å². The summed E-state index contributed by atoms with van der Waals surface area (Å²) in [4.78, 5) is 68.6. The number of amides is 3. The van der Waals surface area contributed by atoms with Crippen molar-refractivity contribution in [3.63, 3.8) is 0 Å². The molecule has 16 nitrogen and oxygen atoms in total. The molecule has 3 aromatic rings. The standard InChI is InChI=1S/C15H18F2N2O.C14H13F3N2O3.C7H3F4NO2.C7H11NO.CH2O3.CH3.2K.Pd.H2.H/c1-15(16,17)12-8-10(18)4-7-13(12)19-11-5-2-9(3-6-11)14(19)20;15-14(16,17)11-7-10(19(21)22)5-6-12(11)18-9-3-1-8(2-4-9)13(18)20;8-6-2-1-4(12(13)14)3-5(6)7(9,10)11;9-7-5-1-3-6(8-7)4-2-5;2-1-4-3;;;;;;/h4,7-9,11H,2-3,5-6,18H2,1H3;5-9H,1-4H2;1-3H;5-6H,1-4H2,(H,8,9);1,3H;1H3;;;;1H;/q;;;;;-1;2*+1;;;-1/p-1. The van der Waals surface area contributed by atoms with Gasteiger partial charge in [0.2, 0.25) is 17.7 Å². The van der Waals surface area contributed by atoms with Gasteiger partial charge in [0.25, 0.3) is 23.8 Å². The van der Waals surface area contributed by atoms with Gasteiger partial charge in [-0.3, -0.25) is 39.4 Å². The first-order valence-electron chi connectivity index (χ1n) is 21.6. The van der Waals surface area contributed by atoms with Crippen LogP contribution in [0.3, 0.4) is 0 Å². The summed E-state index contributed by atoms with van der Waals surface area (Å²) in [6, 6.07) is 8.57. The molecule has 6 heterocycles. The summed E-state index contributed by atoms with van der Waals surface area (Å²) in [6.45, 7) is 0.665. The predicted octanol–water partition coefficient (Wildman–Crippen LogP) is 3.48. The third-order valence-electron chi connectivity index (χ3n) is 12.8. The molecule has 0 aromatic heterocycles. The summed E-state index contributed by atoms with van der Waals surface area (Å²) in [6.07, 6.45) is 1.34. The number of anilines is 3. The number of benzene rings is 3. The van der Waals surface area contributed by atoms with Crippen LogP contribution in [0.4, 0.5) is 68.0 Å². The van der Waals surface area contributed by atoms with E-state index in [9.17, 15) is 74.1 Å². The van der Waals surface area contributed by atoms with Crippen LogP contribution in [0.15, 0.2) is 54.6 Å². The van der Waals surface area contributed by atoms with Crippen LogP contribution >= 0.6 is 0 Å². The van der Waals surface area contributed by atoms with Gasteiger partial charge in [-0.1, -0.05) is 0 Å². The molecule has 3 aliphatic carbocycles. The number of rotatable bonds is 6. The van der Waals surface area contributed by atoms with Gasteiger partial charge >= 0.3 is 115 Å². The van der Waals surface area contributed by atoms with Crippen molar-refractivity contribution in [2.75, 3.05) is 15.5 Å². The van der Waals surface area contributed by atoms with Gasteiger partial charge in [-0.05, 0) is 107 Å². The number of non-ortho nitro benzene ring substituents is 2. The minimum Gasteiger partial charge on any atom is -1.00 e. The van der Waals surface area contributed by atoms with Gasteiger partial charge in [-0.15, -0.1) is 0 Å². The Balaban J connectivity index is 0. The third kappa shape index (κ3) is 17.7. The van der Waals surface area contributed by atoms with E-state index in [2.05, 4.69) is 10.2 Å². The third-order valence-corrected chi connectivity index (χ3v) is 12.8. The van der Waals surface area contributed by atoms with E-state index in [1.54, 1.807) is 17.0 Å². The van der Waals surface area contributed by atoms with Crippen molar-refractivity contribution in [1.29, 1.82) is 0 Å². The number of piperidine rings is 6. The van der Waals surface area contributed by atoms with E-state index in [0.717, 1.165) is 57.6 Å². The van der Waals surface area contributed by atoms with Crippen LogP contribution < -0.4 is 129 Å². The summed E-state index contributed by atoms with van der Waals surface area (Å²) < 4.78 is 116. The number of nitrogens with two attached hydrogens (primary N) is 1. The van der Waals surface area contributed by atoms with E-state index in [4.69, 9.17) is 15.8 Å². The summed E-state index contributed by atoms with van der Waals surface area (Å²) in [5.41, 5.74) is 1.64. The molecule has 9 fully saturated rings. The van der Waals surface area contributed by atoms with Gasteiger partial charge in [0.1, 0.15) is 5.82 Å². The Morgan fingerprint density at radius 2 is 1.05 bits per heavy atom. The van der Waals surface area contributed by atoms with Crippen molar-refractivity contribution < 1.29 is 205 Å². The van der Waals surface area contributed by atoms with Crippen LogP contribution in [0.1, 0.15) is 104 Å². The molecule has 3 amide bonds. The number of nitrogens with one attached hydrogen (secondary N) is 1. The van der Waals surface area contributed by atoms with Crippen molar-refractivity contribution >= 4 is 52.6 Å². The molecule has 28 heteroatoms. The van der Waals surface area contributed by atoms with Gasteiger partial charge in [-0.25, -0.2) is 13.2 Å². The topological polar surface area (TPSA) is 231 Å². The Labute approximate surface area is 515 Å². The van der Waals surface area contributed by atoms with E-state index in [0.29, 0.717) is 73.1 Å². The maximum Gasteiger partial charge on any atom is 1.00 e. The minimum absolute atomic E-state index is 0. The number of nitrogen functional groups attached to an aromatic ring is 1. The predicted molar refractivity (Wildman–Crippen MR) is 234 cm³/mol. The fourth-order valence-corrected chi connectivity index (χ4v) is 9.40. The van der Waals surface area contributed by atoms with Gasteiger partial charge < -0.3 is 39.8 Å². The molecule has 0 spiro atoms. The molecule has 6 aliphatic heterocycles. The van der Waals surface area contributed by atoms with Crippen molar-refractivity contribution in [2.45, 2.75) is 120 Å². The molecule has 6 bridgehead atoms. The number of nitro groups is 2. The average molecular weight is 1190 g/mol. The molecule has 398 valence electrons. The quantitative estimate of drug-likeness (QED) is 0.0531. The summed E-state index contributed by atoms with van der Waals surface area (Å²) >= 11 is 0. The van der Waals surface area contributed by atoms with E-state index in [-0.39, 0.29) is 193 Å². The van der Waals surface area contributed by atoms with Crippen LogP contribution in [0.2, 0.25) is 0 Å². The largest absolute Gasteiger partial charge is 1.00 e. The molecule has 0 atom stereocenters. The Morgan fingerprint density at radius 3 is 1.38 bits per heavy atom. The molecule has 3 aromatic carbocycles. The smallest absolute Gasteiger partial charge is 1.00 e. The second-order valence-corrected chi connectivity index (χ2v) is 17.2. The molecule has 0 unspecified atom stereocenters. The van der Waals surface area contributed by atoms with Gasteiger partial charge in [0, 0.05) is 100 Å². The fraction of sp³-hybridized carbons (Fsp3) is 0.489. The van der Waals surface area contributed by atoms with E-state index >= 15 is 0 Å². The van der Waals surface area contributed by atoms with Crippen molar-refractivity contribution in [1.82, 2.24) is 5.32 Å². The Bertz CT molecular complexity index is 2410. The molecule has 3 N–H and O–H groups in total. The van der Waals surface area contributed by atoms with Gasteiger partial charge in [0.15, 0.2) is 0 Å². The number of nitro benzene ring substituents is 2. The molecular formula is C45H52F9K2N6O10Pd-. The minimum atomic E-state index is -4.92. The summed E-state index contributed by atoms with van der Waals surface area (Å²) in [5, 5.41) is 32.2. The number of hydrogen-bond acceptors (Lipinski definition) is 11. The SMILES string of the molecule is CC(F)(F)c1cc(N)ccc1N1C(=O)C2CCC1CC2.O=C1C2CCC(CC2)N1c1ccc([N+](=O)[O-])cc1C(F)(F)F.O=C1NC2CCC1CC2.O=CO[O-].O=[N+]([O-])c1ccc(F)c(C(F)(F)F)c1.[CH3-].[H-].[HH].[K+].[K+].[Pd]. The van der Waals surface area contributed by atoms with Crippen LogP contribution in [-0.2, 0) is 62.8 Å². The molecule has 9 aliphatic rings. The number of carbonyl (C=O) groups is 4. The van der Waals surface area contributed by atoms with Gasteiger partial charge in [0.05, 0.1) is 32.3 Å². The maximum atomic E-state index is 13.8. The van der Waals surface area contributed by atoms with Crippen LogP contribution in [0.5, 0.6) is 0 Å². The molecule has 0 radical (unpaired) electrons. The number of halogens is 9. The zero-order chi connectivity index (χ0) is 51.2. The number of alkyl halides is 8. The normalized spacial score (nSPS) is 22.1. The number of fused-ring (bicyclic) bond motifs is 9. The van der Waals surface area contributed by atoms with Crippen LogP contribution in [0.25, 0.3) is 0 Å². The molecule has 6 saturated heterocycles. The first kappa shape index (κ1) is 68.4. The Morgan fingerprint density at radius 1 is 0.671 bits per heavy atom. The zero-order valence-electron chi connectivity index (χ0n) is 40.9. The van der Waals surface area contributed by atoms with E-state index in [1.165, 1.54) is 23.8 Å². The van der Waals surface area contributed by atoms with Crippen LogP contribution in [-0.4, -0.2) is 52.2 Å².